The highest BCUT2D eigenvalue weighted by Crippen LogP contribution is 2.28. The van der Waals surface area contributed by atoms with E-state index < -0.39 is 10.0 Å². The number of aliphatic hydroxyl groups is 1. The van der Waals surface area contributed by atoms with E-state index in [1.165, 1.54) is 10.5 Å². The fraction of sp³-hybridized carbons (Fsp3) is 0.615. The van der Waals surface area contributed by atoms with Crippen LogP contribution in [0, 0.1) is 0 Å². The minimum atomic E-state index is -3.66. The van der Waals surface area contributed by atoms with E-state index in [0.29, 0.717) is 25.2 Å². The lowest BCUT2D eigenvalue weighted by molar-refractivity contribution is 0.213. The van der Waals surface area contributed by atoms with Crippen molar-refractivity contribution in [2.45, 2.75) is 37.3 Å². The molecule has 1 aliphatic rings. The molecule has 1 aliphatic heterocycles. The molecule has 0 spiro atoms. The van der Waals surface area contributed by atoms with E-state index in [2.05, 4.69) is 10.3 Å². The number of hydrogen-bond acceptors (Lipinski definition) is 5. The number of nitrogens with one attached hydrogen (secondary N) is 1. The van der Waals surface area contributed by atoms with Crippen molar-refractivity contribution in [3.8, 4) is 0 Å². The topological polar surface area (TPSA) is 82.5 Å². The van der Waals surface area contributed by atoms with Gasteiger partial charge in [-0.15, -0.1) is 0 Å². The fourth-order valence-electron chi connectivity index (χ4n) is 2.41. The van der Waals surface area contributed by atoms with Gasteiger partial charge in [0.05, 0.1) is 12.3 Å². The summed E-state index contributed by atoms with van der Waals surface area (Å²) in [5, 5.41) is 12.5. The second-order valence-electron chi connectivity index (χ2n) is 4.88. The monoisotopic (exact) mass is 299 g/mol. The van der Waals surface area contributed by atoms with Crippen LogP contribution >= 0.6 is 0 Å². The molecule has 1 atom stereocenters. The molecule has 2 rings (SSSR count). The number of rotatable bonds is 6. The van der Waals surface area contributed by atoms with Crippen LogP contribution in [-0.2, 0) is 10.0 Å². The fourth-order valence-corrected chi connectivity index (χ4v) is 4.18. The number of nitrogens with zero attached hydrogens (tertiary/aromatic N) is 2. The third-order valence-electron chi connectivity index (χ3n) is 3.42. The molecule has 1 unspecified atom stereocenters. The molecule has 1 aromatic rings. The molecular weight excluding hydrogens is 278 g/mol. The molecule has 1 saturated heterocycles. The minimum Gasteiger partial charge on any atom is -0.395 e. The Kier molecular flexibility index (Phi) is 4.95. The highest BCUT2D eigenvalue weighted by Gasteiger charge is 2.36. The summed E-state index contributed by atoms with van der Waals surface area (Å²) >= 11 is 0. The van der Waals surface area contributed by atoms with Crippen LogP contribution in [0.15, 0.2) is 23.4 Å². The summed E-state index contributed by atoms with van der Waals surface area (Å²) in [6.45, 7) is 3.00. The number of aromatic nitrogens is 1. The molecule has 0 saturated carbocycles. The number of pyridine rings is 1. The minimum absolute atomic E-state index is 0.0498. The van der Waals surface area contributed by atoms with Crippen LogP contribution in [0.3, 0.4) is 0 Å². The van der Waals surface area contributed by atoms with E-state index in [9.17, 15) is 13.5 Å². The Morgan fingerprint density at radius 3 is 3.05 bits per heavy atom. The smallest absolute Gasteiger partial charge is 0.262 e. The normalized spacial score (nSPS) is 20.2. The highest BCUT2D eigenvalue weighted by atomic mass is 32.2. The van der Waals surface area contributed by atoms with Gasteiger partial charge < -0.3 is 10.4 Å². The Bertz CT molecular complexity index is 548. The average molecular weight is 299 g/mol. The predicted molar refractivity (Wildman–Crippen MR) is 77.0 cm³/mol. The Morgan fingerprint density at radius 1 is 1.55 bits per heavy atom. The summed E-state index contributed by atoms with van der Waals surface area (Å²) in [6, 6.07) is 3.10. The molecule has 0 aliphatic carbocycles. The van der Waals surface area contributed by atoms with Gasteiger partial charge in [-0.25, -0.2) is 13.4 Å². The van der Waals surface area contributed by atoms with Gasteiger partial charge in [0.25, 0.3) is 10.0 Å². The van der Waals surface area contributed by atoms with Crippen LogP contribution in [0.5, 0.6) is 0 Å². The zero-order valence-corrected chi connectivity index (χ0v) is 12.4. The third kappa shape index (κ3) is 2.94. The van der Waals surface area contributed by atoms with Gasteiger partial charge in [-0.05, 0) is 31.4 Å². The van der Waals surface area contributed by atoms with Gasteiger partial charge in [0, 0.05) is 25.3 Å². The summed E-state index contributed by atoms with van der Waals surface area (Å²) in [5.41, 5.74) is 0.526. The van der Waals surface area contributed by atoms with E-state index in [-0.39, 0.29) is 17.7 Å². The molecule has 6 nitrogen and oxygen atoms in total. The maximum atomic E-state index is 12.7. The quantitative estimate of drug-likeness (QED) is 0.820. The van der Waals surface area contributed by atoms with Crippen LogP contribution in [0.1, 0.15) is 26.2 Å². The Hall–Kier alpha value is -1.18. The molecule has 0 amide bonds. The summed E-state index contributed by atoms with van der Waals surface area (Å²) in [6.07, 6.45) is 3.85. The predicted octanol–water partition coefficient (Wildman–Crippen LogP) is 1.05. The van der Waals surface area contributed by atoms with Crippen LogP contribution < -0.4 is 5.32 Å². The lowest BCUT2D eigenvalue weighted by Gasteiger charge is -2.23. The van der Waals surface area contributed by atoms with Crippen LogP contribution in [-0.4, -0.2) is 48.6 Å². The number of anilines is 1. The second-order valence-corrected chi connectivity index (χ2v) is 6.68. The van der Waals surface area contributed by atoms with Crippen molar-refractivity contribution in [3.05, 3.63) is 18.3 Å². The van der Waals surface area contributed by atoms with Gasteiger partial charge in [-0.2, -0.15) is 4.31 Å². The maximum Gasteiger partial charge on any atom is 0.262 e. The van der Waals surface area contributed by atoms with Gasteiger partial charge in [0.2, 0.25) is 0 Å². The van der Waals surface area contributed by atoms with Crippen molar-refractivity contribution in [2.75, 3.05) is 25.0 Å². The number of sulfonamides is 1. The lowest BCUT2D eigenvalue weighted by atomic mass is 10.2. The zero-order chi connectivity index (χ0) is 14.6. The average Bonchev–Trinajstić information content (AvgIpc) is 2.94. The van der Waals surface area contributed by atoms with Crippen molar-refractivity contribution < 1.29 is 13.5 Å². The summed E-state index contributed by atoms with van der Waals surface area (Å²) < 4.78 is 26.8. The Labute approximate surface area is 119 Å². The van der Waals surface area contributed by atoms with Gasteiger partial charge >= 0.3 is 0 Å². The van der Waals surface area contributed by atoms with E-state index in [0.717, 1.165) is 12.8 Å². The maximum absolute atomic E-state index is 12.7. The van der Waals surface area contributed by atoms with Crippen molar-refractivity contribution in [2.24, 2.45) is 0 Å². The van der Waals surface area contributed by atoms with Crippen molar-refractivity contribution in [3.63, 3.8) is 0 Å². The van der Waals surface area contributed by atoms with E-state index in [1.807, 2.05) is 6.92 Å². The Balaban J connectivity index is 2.34. The molecule has 1 aromatic heterocycles. The van der Waals surface area contributed by atoms with Gasteiger partial charge in [0.1, 0.15) is 0 Å². The molecule has 0 radical (unpaired) electrons. The first-order valence-corrected chi connectivity index (χ1v) is 8.37. The summed E-state index contributed by atoms with van der Waals surface area (Å²) in [7, 11) is -3.66. The molecule has 2 heterocycles. The van der Waals surface area contributed by atoms with E-state index >= 15 is 0 Å². The largest absolute Gasteiger partial charge is 0.395 e. The first kappa shape index (κ1) is 15.2. The standard InChI is InChI=1S/C13H21N3O3S/c1-2-7-14-12-6-3-8-15-13(12)20(18,19)16-9-4-5-11(16)10-17/h3,6,8,11,14,17H,2,4-5,7,9-10H2,1H3. The number of hydrogen-bond donors (Lipinski definition) is 2. The SMILES string of the molecule is CCCNc1cccnc1S(=O)(=O)N1CCCC1CO. The van der Waals surface area contributed by atoms with Crippen LogP contribution in [0.4, 0.5) is 5.69 Å². The van der Waals surface area contributed by atoms with Crippen LogP contribution in [0.25, 0.3) is 0 Å². The zero-order valence-electron chi connectivity index (χ0n) is 11.6. The molecule has 20 heavy (non-hydrogen) atoms. The van der Waals surface area contributed by atoms with Gasteiger partial charge in [-0.3, -0.25) is 0 Å². The highest BCUT2D eigenvalue weighted by molar-refractivity contribution is 7.89. The molecule has 0 bridgehead atoms. The lowest BCUT2D eigenvalue weighted by Crippen LogP contribution is -2.38. The molecular formula is C13H21N3O3S. The first-order chi connectivity index (χ1) is 9.61. The third-order valence-corrected chi connectivity index (χ3v) is 5.34. The van der Waals surface area contributed by atoms with Crippen molar-refractivity contribution >= 4 is 15.7 Å². The number of aliphatic hydroxyl groups excluding tert-OH is 1. The molecule has 112 valence electrons. The summed E-state index contributed by atoms with van der Waals surface area (Å²) in [5.74, 6) is 0. The van der Waals surface area contributed by atoms with Crippen LogP contribution in [0.2, 0.25) is 0 Å². The molecule has 1 fully saturated rings. The van der Waals surface area contributed by atoms with E-state index in [1.54, 1.807) is 12.1 Å². The summed E-state index contributed by atoms with van der Waals surface area (Å²) in [4.78, 5) is 4.04. The van der Waals surface area contributed by atoms with Crippen molar-refractivity contribution in [1.82, 2.24) is 9.29 Å². The first-order valence-electron chi connectivity index (χ1n) is 6.92. The second kappa shape index (κ2) is 6.51. The van der Waals surface area contributed by atoms with E-state index in [4.69, 9.17) is 0 Å². The molecule has 2 N–H and O–H groups in total. The molecule has 7 heteroatoms. The molecule has 0 aromatic carbocycles. The van der Waals surface area contributed by atoms with Crippen molar-refractivity contribution in [1.29, 1.82) is 0 Å². The van der Waals surface area contributed by atoms with Gasteiger partial charge in [0.15, 0.2) is 5.03 Å². The van der Waals surface area contributed by atoms with Gasteiger partial charge in [-0.1, -0.05) is 6.92 Å². The Morgan fingerprint density at radius 2 is 2.35 bits per heavy atom.